The van der Waals surface area contributed by atoms with Gasteiger partial charge in [0, 0.05) is 23.9 Å². The number of carbonyl (C=O) groups is 1. The van der Waals surface area contributed by atoms with Gasteiger partial charge in [-0.1, -0.05) is 24.6 Å². The minimum Gasteiger partial charge on any atom is -0.496 e. The fourth-order valence-corrected chi connectivity index (χ4v) is 2.26. The van der Waals surface area contributed by atoms with Crippen LogP contribution in [-0.4, -0.2) is 19.6 Å². The molecule has 0 aromatic heterocycles. The van der Waals surface area contributed by atoms with Crippen LogP contribution in [0.1, 0.15) is 24.5 Å². The zero-order valence-corrected chi connectivity index (χ0v) is 9.96. The fraction of sp³-hybridized carbons (Fsp3) is 0.462. The molecule has 0 spiro atoms. The average molecular weight is 219 g/mol. The van der Waals surface area contributed by atoms with Gasteiger partial charge in [0.25, 0.3) is 0 Å². The van der Waals surface area contributed by atoms with E-state index < -0.39 is 0 Å². The molecule has 1 fully saturated rings. The summed E-state index contributed by atoms with van der Waals surface area (Å²) >= 11 is 0. The Morgan fingerprint density at radius 1 is 1.44 bits per heavy atom. The Balaban J connectivity index is 2.46. The summed E-state index contributed by atoms with van der Waals surface area (Å²) in [6, 6.07) is 6.10. The number of carbonyl (C=O) groups excluding carboxylic acids is 1. The number of methoxy groups -OCH3 is 1. The zero-order valence-electron chi connectivity index (χ0n) is 9.96. The molecule has 1 aromatic rings. The minimum absolute atomic E-state index is 0.117. The van der Waals surface area contributed by atoms with E-state index in [9.17, 15) is 4.79 Å². The maximum atomic E-state index is 11.4. The summed E-state index contributed by atoms with van der Waals surface area (Å²) in [5.74, 6) is 0.982. The van der Waals surface area contributed by atoms with E-state index in [0.717, 1.165) is 11.3 Å². The fourth-order valence-electron chi connectivity index (χ4n) is 2.26. The van der Waals surface area contributed by atoms with Gasteiger partial charge in [0.05, 0.1) is 7.11 Å². The summed E-state index contributed by atoms with van der Waals surface area (Å²) in [6.45, 7) is 4.84. The van der Waals surface area contributed by atoms with E-state index in [-0.39, 0.29) is 11.3 Å². The van der Waals surface area contributed by atoms with E-state index in [0.29, 0.717) is 13.0 Å². The lowest BCUT2D eigenvalue weighted by Gasteiger charge is -2.24. The third-order valence-electron chi connectivity index (χ3n) is 3.23. The lowest BCUT2D eigenvalue weighted by atomic mass is 9.80. The van der Waals surface area contributed by atoms with Crippen molar-refractivity contribution in [3.63, 3.8) is 0 Å². The molecule has 2 rings (SSSR count). The molecule has 1 amide bonds. The number of hydrogen-bond donors (Lipinski definition) is 1. The first-order valence-electron chi connectivity index (χ1n) is 5.47. The molecule has 1 saturated heterocycles. The molecular formula is C13H17NO2. The summed E-state index contributed by atoms with van der Waals surface area (Å²) in [5, 5.41) is 2.88. The summed E-state index contributed by atoms with van der Waals surface area (Å²) in [7, 11) is 1.67. The van der Waals surface area contributed by atoms with Crippen LogP contribution >= 0.6 is 0 Å². The van der Waals surface area contributed by atoms with Gasteiger partial charge in [-0.3, -0.25) is 4.79 Å². The third kappa shape index (κ3) is 1.77. The van der Waals surface area contributed by atoms with Gasteiger partial charge in [0.1, 0.15) is 5.75 Å². The van der Waals surface area contributed by atoms with Gasteiger partial charge in [0.15, 0.2) is 0 Å². The average Bonchev–Trinajstić information content (AvgIpc) is 2.60. The molecule has 1 aliphatic heterocycles. The first-order chi connectivity index (χ1) is 7.55. The van der Waals surface area contributed by atoms with Crippen molar-refractivity contribution in [3.8, 4) is 5.75 Å². The van der Waals surface area contributed by atoms with Crippen molar-refractivity contribution >= 4 is 5.91 Å². The van der Waals surface area contributed by atoms with Gasteiger partial charge in [-0.05, 0) is 13.0 Å². The first kappa shape index (κ1) is 11.0. The quantitative estimate of drug-likeness (QED) is 0.823. The molecule has 1 atom stereocenters. The van der Waals surface area contributed by atoms with Crippen LogP contribution in [0.15, 0.2) is 18.2 Å². The van der Waals surface area contributed by atoms with Crippen molar-refractivity contribution in [3.05, 3.63) is 29.3 Å². The van der Waals surface area contributed by atoms with Crippen LogP contribution < -0.4 is 10.1 Å². The molecule has 1 heterocycles. The number of benzene rings is 1. The molecule has 16 heavy (non-hydrogen) atoms. The molecule has 0 radical (unpaired) electrons. The number of nitrogens with one attached hydrogen (secondary N) is 1. The monoisotopic (exact) mass is 219 g/mol. The van der Waals surface area contributed by atoms with Gasteiger partial charge in [0.2, 0.25) is 5.91 Å². The molecule has 1 unspecified atom stereocenters. The Hall–Kier alpha value is -1.51. The second-order valence-electron chi connectivity index (χ2n) is 4.72. The number of rotatable bonds is 2. The van der Waals surface area contributed by atoms with Gasteiger partial charge in [-0.15, -0.1) is 0 Å². The molecule has 0 aliphatic carbocycles. The van der Waals surface area contributed by atoms with E-state index in [1.165, 1.54) is 5.56 Å². The molecule has 0 bridgehead atoms. The maximum Gasteiger partial charge on any atom is 0.220 e. The zero-order chi connectivity index (χ0) is 11.8. The number of ether oxygens (including phenoxy) is 1. The topological polar surface area (TPSA) is 38.3 Å². The van der Waals surface area contributed by atoms with Gasteiger partial charge in [-0.25, -0.2) is 0 Å². The van der Waals surface area contributed by atoms with Crippen LogP contribution in [0.4, 0.5) is 0 Å². The highest BCUT2D eigenvalue weighted by Crippen LogP contribution is 2.37. The van der Waals surface area contributed by atoms with Crippen LogP contribution in [0.2, 0.25) is 0 Å². The van der Waals surface area contributed by atoms with Crippen molar-refractivity contribution in [1.82, 2.24) is 5.32 Å². The third-order valence-corrected chi connectivity index (χ3v) is 3.23. The molecule has 1 aliphatic rings. The number of amides is 1. The predicted molar refractivity (Wildman–Crippen MR) is 62.7 cm³/mol. The molecule has 1 N–H and O–H groups in total. The van der Waals surface area contributed by atoms with Crippen LogP contribution in [0.25, 0.3) is 0 Å². The van der Waals surface area contributed by atoms with E-state index >= 15 is 0 Å². The van der Waals surface area contributed by atoms with E-state index in [4.69, 9.17) is 4.74 Å². The standard InChI is InChI=1S/C13H17NO2/c1-9-4-5-11(16-3)10(6-9)13(2)7-12(15)14-8-13/h4-6H,7-8H2,1-3H3,(H,14,15). The van der Waals surface area contributed by atoms with Crippen molar-refractivity contribution in [2.75, 3.05) is 13.7 Å². The summed E-state index contributed by atoms with van der Waals surface area (Å²) < 4.78 is 5.37. The highest BCUT2D eigenvalue weighted by atomic mass is 16.5. The highest BCUT2D eigenvalue weighted by molar-refractivity contribution is 5.81. The predicted octanol–water partition coefficient (Wildman–Crippen LogP) is 1.78. The Labute approximate surface area is 95.8 Å². The van der Waals surface area contributed by atoms with Crippen molar-refractivity contribution in [1.29, 1.82) is 0 Å². The smallest absolute Gasteiger partial charge is 0.220 e. The second kappa shape index (κ2) is 3.81. The van der Waals surface area contributed by atoms with E-state index in [2.05, 4.69) is 25.2 Å². The second-order valence-corrected chi connectivity index (χ2v) is 4.72. The van der Waals surface area contributed by atoms with Crippen LogP contribution in [0, 0.1) is 6.92 Å². The number of hydrogen-bond acceptors (Lipinski definition) is 2. The van der Waals surface area contributed by atoms with E-state index in [1.807, 2.05) is 12.1 Å². The maximum absolute atomic E-state index is 11.4. The summed E-state index contributed by atoms with van der Waals surface area (Å²) in [6.07, 6.45) is 0.535. The SMILES string of the molecule is COc1ccc(C)cc1C1(C)CNC(=O)C1. The van der Waals surface area contributed by atoms with Crippen LogP contribution in [-0.2, 0) is 10.2 Å². The molecule has 3 nitrogen and oxygen atoms in total. The van der Waals surface area contributed by atoms with Crippen LogP contribution in [0.3, 0.4) is 0 Å². The van der Waals surface area contributed by atoms with Gasteiger partial charge >= 0.3 is 0 Å². The van der Waals surface area contributed by atoms with Crippen molar-refractivity contribution in [2.45, 2.75) is 25.7 Å². The molecule has 1 aromatic carbocycles. The van der Waals surface area contributed by atoms with Crippen molar-refractivity contribution in [2.24, 2.45) is 0 Å². The lowest BCUT2D eigenvalue weighted by Crippen LogP contribution is -2.25. The lowest BCUT2D eigenvalue weighted by molar-refractivity contribution is -0.119. The molecule has 3 heteroatoms. The molecule has 86 valence electrons. The first-order valence-corrected chi connectivity index (χ1v) is 5.47. The Morgan fingerprint density at radius 3 is 2.75 bits per heavy atom. The Bertz CT molecular complexity index is 428. The number of aryl methyl sites for hydroxylation is 1. The normalized spacial score (nSPS) is 24.3. The minimum atomic E-state index is -0.144. The van der Waals surface area contributed by atoms with E-state index in [1.54, 1.807) is 7.11 Å². The van der Waals surface area contributed by atoms with Gasteiger partial charge in [-0.2, -0.15) is 0 Å². The summed E-state index contributed by atoms with van der Waals surface area (Å²) in [5.41, 5.74) is 2.17. The molecular weight excluding hydrogens is 202 g/mol. The largest absolute Gasteiger partial charge is 0.496 e. The summed E-state index contributed by atoms with van der Waals surface area (Å²) in [4.78, 5) is 11.4. The molecule has 0 saturated carbocycles. The highest BCUT2D eigenvalue weighted by Gasteiger charge is 2.37. The Morgan fingerprint density at radius 2 is 2.19 bits per heavy atom. The van der Waals surface area contributed by atoms with Crippen molar-refractivity contribution < 1.29 is 9.53 Å². The van der Waals surface area contributed by atoms with Crippen LogP contribution in [0.5, 0.6) is 5.75 Å². The van der Waals surface area contributed by atoms with Gasteiger partial charge < -0.3 is 10.1 Å². The Kier molecular flexibility index (Phi) is 2.62.